The Morgan fingerprint density at radius 2 is 2.00 bits per heavy atom. The lowest BCUT2D eigenvalue weighted by atomic mass is 10.5. The van der Waals surface area contributed by atoms with E-state index in [1.165, 1.54) is 0 Å². The predicted molar refractivity (Wildman–Crippen MR) is 40.1 cm³/mol. The fourth-order valence-corrected chi connectivity index (χ4v) is 0.673. The van der Waals surface area contributed by atoms with Gasteiger partial charge in [-0.3, -0.25) is 4.57 Å². The molecule has 4 nitrogen and oxygen atoms in total. The zero-order chi connectivity index (χ0) is 8.20. The molecule has 1 atom stereocenters. The molecule has 1 unspecified atom stereocenters. The van der Waals surface area contributed by atoms with Crippen molar-refractivity contribution < 1.29 is 18.5 Å². The summed E-state index contributed by atoms with van der Waals surface area (Å²) in [5.74, 6) is 0. The highest BCUT2D eigenvalue weighted by molar-refractivity contribution is 7.32. The van der Waals surface area contributed by atoms with Gasteiger partial charge >= 0.3 is 8.25 Å². The maximum absolute atomic E-state index is 10.0. The van der Waals surface area contributed by atoms with Gasteiger partial charge in [0.2, 0.25) is 0 Å². The number of hydrogen-bond acceptors (Lipinski definition) is 2. The number of rotatable bonds is 4. The van der Waals surface area contributed by atoms with E-state index in [1.807, 2.05) is 21.1 Å². The average molecular weight is 168 g/mol. The molecule has 0 heterocycles. The van der Waals surface area contributed by atoms with Crippen molar-refractivity contribution in [3.05, 3.63) is 0 Å². The van der Waals surface area contributed by atoms with Crippen molar-refractivity contribution in [1.82, 2.24) is 0 Å². The Bertz CT molecular complexity index is 121. The Labute approximate surface area is 62.0 Å². The van der Waals surface area contributed by atoms with Crippen LogP contribution in [0, 0.1) is 0 Å². The van der Waals surface area contributed by atoms with Crippen molar-refractivity contribution in [2.75, 3.05) is 34.3 Å². The second-order valence-electron chi connectivity index (χ2n) is 3.13. The monoisotopic (exact) mass is 168 g/mol. The fourth-order valence-electron chi connectivity index (χ4n) is 0.407. The van der Waals surface area contributed by atoms with Gasteiger partial charge in [0.25, 0.3) is 0 Å². The summed E-state index contributed by atoms with van der Waals surface area (Å²) in [4.78, 5) is 8.27. The largest absolute Gasteiger partial charge is 0.329 e. The van der Waals surface area contributed by atoms with E-state index in [-0.39, 0.29) is 0 Å². The molecular weight excluding hydrogens is 153 g/mol. The van der Waals surface area contributed by atoms with E-state index < -0.39 is 8.25 Å². The molecule has 0 aromatic carbocycles. The SMILES string of the molecule is C[N+](C)(C)CCO[PH](=O)O. The molecule has 0 fully saturated rings. The summed E-state index contributed by atoms with van der Waals surface area (Å²) in [6.45, 7) is 1.09. The van der Waals surface area contributed by atoms with Crippen LogP contribution < -0.4 is 0 Å². The Kier molecular flexibility index (Phi) is 4.13. The van der Waals surface area contributed by atoms with E-state index in [9.17, 15) is 4.57 Å². The molecule has 5 heteroatoms. The van der Waals surface area contributed by atoms with Crippen molar-refractivity contribution in [2.45, 2.75) is 0 Å². The Hall–Kier alpha value is 0.110. The van der Waals surface area contributed by atoms with E-state index in [0.717, 1.165) is 11.0 Å². The molecule has 0 radical (unpaired) electrons. The van der Waals surface area contributed by atoms with E-state index in [0.29, 0.717) is 6.61 Å². The fraction of sp³-hybridized carbons (Fsp3) is 1.00. The molecule has 0 aliphatic heterocycles. The first kappa shape index (κ1) is 10.1. The van der Waals surface area contributed by atoms with E-state index in [4.69, 9.17) is 4.89 Å². The van der Waals surface area contributed by atoms with Gasteiger partial charge in [-0.25, -0.2) is 0 Å². The Morgan fingerprint density at radius 1 is 1.50 bits per heavy atom. The van der Waals surface area contributed by atoms with Crippen LogP contribution >= 0.6 is 8.25 Å². The van der Waals surface area contributed by atoms with Gasteiger partial charge in [0, 0.05) is 0 Å². The summed E-state index contributed by atoms with van der Waals surface area (Å²) in [6, 6.07) is 0. The number of quaternary nitrogens is 1. The first-order valence-corrected chi connectivity index (χ1v) is 4.34. The van der Waals surface area contributed by atoms with Gasteiger partial charge in [-0.05, 0) is 0 Å². The van der Waals surface area contributed by atoms with E-state index in [1.54, 1.807) is 0 Å². The minimum absolute atomic E-state index is 0.345. The van der Waals surface area contributed by atoms with Crippen LogP contribution in [0.4, 0.5) is 0 Å². The topological polar surface area (TPSA) is 46.5 Å². The lowest BCUT2D eigenvalue weighted by molar-refractivity contribution is -0.870. The first-order valence-electron chi connectivity index (χ1n) is 3.08. The van der Waals surface area contributed by atoms with Gasteiger partial charge in [0.05, 0.1) is 21.1 Å². The maximum atomic E-state index is 10.0. The number of likely N-dealkylation sites (N-methyl/N-ethyl adjacent to an activating group) is 1. The molecule has 0 rings (SSSR count). The van der Waals surface area contributed by atoms with Gasteiger partial charge in [0.1, 0.15) is 13.2 Å². The predicted octanol–water partition coefficient (Wildman–Crippen LogP) is 0.0912. The molecule has 0 saturated heterocycles. The van der Waals surface area contributed by atoms with E-state index >= 15 is 0 Å². The molecule has 0 aliphatic carbocycles. The second kappa shape index (κ2) is 4.09. The summed E-state index contributed by atoms with van der Waals surface area (Å²) in [5.41, 5.74) is 0. The Balaban J connectivity index is 3.29. The molecular formula is C5H15NO3P+. The van der Waals surface area contributed by atoms with Crippen LogP contribution in [0.25, 0.3) is 0 Å². The van der Waals surface area contributed by atoms with Gasteiger partial charge in [-0.15, -0.1) is 0 Å². The van der Waals surface area contributed by atoms with Crippen molar-refractivity contribution in [3.8, 4) is 0 Å². The van der Waals surface area contributed by atoms with Crippen LogP contribution in [0.1, 0.15) is 0 Å². The van der Waals surface area contributed by atoms with Crippen LogP contribution in [0.3, 0.4) is 0 Å². The molecule has 1 N–H and O–H groups in total. The molecule has 0 aromatic rings. The average Bonchev–Trinajstić information content (AvgIpc) is 1.59. The summed E-state index contributed by atoms with van der Waals surface area (Å²) in [7, 11) is 3.28. The minimum atomic E-state index is -2.72. The molecule has 0 saturated carbocycles. The highest BCUT2D eigenvalue weighted by atomic mass is 31.1. The first-order chi connectivity index (χ1) is 4.42. The maximum Gasteiger partial charge on any atom is 0.316 e. The van der Waals surface area contributed by atoms with Crippen molar-refractivity contribution in [2.24, 2.45) is 0 Å². The van der Waals surface area contributed by atoms with E-state index in [2.05, 4.69) is 4.52 Å². The van der Waals surface area contributed by atoms with Gasteiger partial charge in [-0.2, -0.15) is 0 Å². The molecule has 0 amide bonds. The summed E-state index contributed by atoms with van der Waals surface area (Å²) in [5, 5.41) is 0. The smallest absolute Gasteiger partial charge is 0.316 e. The van der Waals surface area contributed by atoms with Crippen molar-refractivity contribution >= 4 is 8.25 Å². The third-order valence-electron chi connectivity index (χ3n) is 0.988. The summed E-state index contributed by atoms with van der Waals surface area (Å²) in [6.07, 6.45) is 0. The third kappa shape index (κ3) is 8.11. The lowest BCUT2D eigenvalue weighted by Gasteiger charge is -2.22. The summed E-state index contributed by atoms with van der Waals surface area (Å²) < 4.78 is 15.3. The number of hydrogen-bond donors (Lipinski definition) is 1. The normalized spacial score (nSPS) is 15.2. The molecule has 0 aromatic heterocycles. The van der Waals surface area contributed by atoms with Crippen molar-refractivity contribution in [3.63, 3.8) is 0 Å². The van der Waals surface area contributed by atoms with Gasteiger partial charge in [-0.1, -0.05) is 0 Å². The molecule has 62 valence electrons. The zero-order valence-electron chi connectivity index (χ0n) is 6.63. The zero-order valence-corrected chi connectivity index (χ0v) is 7.63. The van der Waals surface area contributed by atoms with Crippen LogP contribution in [0.15, 0.2) is 0 Å². The standard InChI is InChI=1S/C5H14NO3P/c1-6(2,3)4-5-9-10(7)8/h10H,4-5H2,1-3H3/p+1. The van der Waals surface area contributed by atoms with Gasteiger partial charge < -0.3 is 13.9 Å². The van der Waals surface area contributed by atoms with Crippen LogP contribution in [0.2, 0.25) is 0 Å². The minimum Gasteiger partial charge on any atom is -0.329 e. The molecule has 0 aliphatic rings. The quantitative estimate of drug-likeness (QED) is 0.478. The second-order valence-corrected chi connectivity index (χ2v) is 3.95. The van der Waals surface area contributed by atoms with Crippen LogP contribution in [-0.4, -0.2) is 43.7 Å². The third-order valence-corrected chi connectivity index (χ3v) is 1.44. The molecule has 0 spiro atoms. The van der Waals surface area contributed by atoms with Crippen molar-refractivity contribution in [1.29, 1.82) is 0 Å². The highest BCUT2D eigenvalue weighted by Crippen LogP contribution is 2.13. The van der Waals surface area contributed by atoms with Crippen LogP contribution in [-0.2, 0) is 9.09 Å². The van der Waals surface area contributed by atoms with Crippen LogP contribution in [0.5, 0.6) is 0 Å². The summed E-state index contributed by atoms with van der Waals surface area (Å²) >= 11 is 0. The number of nitrogens with zero attached hydrogens (tertiary/aromatic N) is 1. The molecule has 0 bridgehead atoms. The molecule has 10 heavy (non-hydrogen) atoms. The Morgan fingerprint density at radius 3 is 2.30 bits per heavy atom. The van der Waals surface area contributed by atoms with Gasteiger partial charge in [0.15, 0.2) is 0 Å². The lowest BCUT2D eigenvalue weighted by Crippen LogP contribution is -2.37. The highest BCUT2D eigenvalue weighted by Gasteiger charge is 2.06.